The van der Waals surface area contributed by atoms with Crippen molar-refractivity contribution >= 4 is 12.1 Å². The van der Waals surface area contributed by atoms with Crippen LogP contribution in [0.3, 0.4) is 0 Å². The van der Waals surface area contributed by atoms with Gasteiger partial charge in [0.1, 0.15) is 6.04 Å². The Hall–Kier alpha value is -1.26. The van der Waals surface area contributed by atoms with Crippen LogP contribution < -0.4 is 0 Å². The molecule has 0 spiro atoms. The van der Waals surface area contributed by atoms with Gasteiger partial charge in [0.2, 0.25) is 0 Å². The largest absolute Gasteiger partial charge is 0.480 e. The number of hydrogen-bond acceptors (Lipinski definition) is 3. The van der Waals surface area contributed by atoms with E-state index in [0.29, 0.717) is 19.6 Å². The van der Waals surface area contributed by atoms with Gasteiger partial charge in [-0.25, -0.2) is 9.59 Å². The van der Waals surface area contributed by atoms with Crippen molar-refractivity contribution in [3.8, 4) is 0 Å². The zero-order chi connectivity index (χ0) is 18.3. The Morgan fingerprint density at radius 1 is 0.920 bits per heavy atom. The molecule has 0 aromatic carbocycles. The molecule has 1 aliphatic rings. The summed E-state index contributed by atoms with van der Waals surface area (Å²) in [4.78, 5) is 24.3. The molecule has 1 rings (SSSR count). The van der Waals surface area contributed by atoms with Crippen molar-refractivity contribution < 1.29 is 19.4 Å². The van der Waals surface area contributed by atoms with Crippen molar-refractivity contribution in [2.24, 2.45) is 0 Å². The van der Waals surface area contributed by atoms with Gasteiger partial charge in [-0.05, 0) is 19.3 Å². The van der Waals surface area contributed by atoms with Gasteiger partial charge in [0.15, 0.2) is 0 Å². The zero-order valence-corrected chi connectivity index (χ0v) is 16.0. The standard InChI is InChI=1S/C20H37NO4/c1-2-3-4-5-6-7-8-9-10-11-12-13-17-25-20(24)21-16-14-15-18(21)19(22)23/h18H,2-17H2,1H3,(H,22,23)/t18-/m1/s1. The summed E-state index contributed by atoms with van der Waals surface area (Å²) in [6.45, 7) is 3.15. The average Bonchev–Trinajstić information content (AvgIpc) is 3.09. The second kappa shape index (κ2) is 14.0. The smallest absolute Gasteiger partial charge is 0.410 e. The van der Waals surface area contributed by atoms with E-state index in [4.69, 9.17) is 9.84 Å². The van der Waals surface area contributed by atoms with Crippen LogP contribution in [0.15, 0.2) is 0 Å². The average molecular weight is 356 g/mol. The number of likely N-dealkylation sites (tertiary alicyclic amines) is 1. The van der Waals surface area contributed by atoms with E-state index < -0.39 is 18.1 Å². The lowest BCUT2D eigenvalue weighted by atomic mass is 10.1. The number of nitrogens with zero attached hydrogens (tertiary/aromatic N) is 1. The molecule has 25 heavy (non-hydrogen) atoms. The number of aliphatic carboxylic acids is 1. The molecule has 0 radical (unpaired) electrons. The molecule has 146 valence electrons. The predicted molar refractivity (Wildman–Crippen MR) is 99.8 cm³/mol. The zero-order valence-electron chi connectivity index (χ0n) is 16.0. The van der Waals surface area contributed by atoms with Crippen molar-refractivity contribution in [3.05, 3.63) is 0 Å². The second-order valence-electron chi connectivity index (χ2n) is 7.19. The number of amides is 1. The maximum atomic E-state index is 11.9. The minimum absolute atomic E-state index is 0.402. The number of hydrogen-bond donors (Lipinski definition) is 1. The third-order valence-electron chi connectivity index (χ3n) is 5.00. The van der Waals surface area contributed by atoms with E-state index >= 15 is 0 Å². The summed E-state index contributed by atoms with van der Waals surface area (Å²) in [5.74, 6) is -0.931. The van der Waals surface area contributed by atoms with Crippen molar-refractivity contribution in [2.75, 3.05) is 13.2 Å². The number of carboxylic acids is 1. The molecule has 0 saturated carbocycles. The van der Waals surface area contributed by atoms with Crippen molar-refractivity contribution in [3.63, 3.8) is 0 Å². The predicted octanol–water partition coefficient (Wildman–Crippen LogP) is 5.37. The summed E-state index contributed by atoms with van der Waals surface area (Å²) in [6, 6.07) is -0.700. The Labute approximate surface area is 153 Å². The quantitative estimate of drug-likeness (QED) is 0.425. The Balaban J connectivity index is 1.88. The van der Waals surface area contributed by atoms with Crippen LogP contribution >= 0.6 is 0 Å². The molecule has 0 aromatic rings. The van der Waals surface area contributed by atoms with E-state index in [1.807, 2.05) is 0 Å². The maximum Gasteiger partial charge on any atom is 0.410 e. The van der Waals surface area contributed by atoms with Gasteiger partial charge in [0.25, 0.3) is 0 Å². The van der Waals surface area contributed by atoms with Crippen molar-refractivity contribution in [1.82, 2.24) is 4.90 Å². The summed E-state index contributed by atoms with van der Waals surface area (Å²) in [6.07, 6.45) is 16.1. The lowest BCUT2D eigenvalue weighted by Crippen LogP contribution is -2.40. The molecule has 1 saturated heterocycles. The number of ether oxygens (including phenoxy) is 1. The molecular formula is C20H37NO4. The van der Waals surface area contributed by atoms with Gasteiger partial charge in [-0.1, -0.05) is 77.6 Å². The minimum Gasteiger partial charge on any atom is -0.480 e. The summed E-state index contributed by atoms with van der Waals surface area (Å²) < 4.78 is 5.22. The molecule has 1 heterocycles. The third-order valence-corrected chi connectivity index (χ3v) is 5.00. The second-order valence-corrected chi connectivity index (χ2v) is 7.19. The van der Waals surface area contributed by atoms with Gasteiger partial charge in [0, 0.05) is 6.54 Å². The van der Waals surface area contributed by atoms with Crippen LogP contribution in [0, 0.1) is 0 Å². The normalized spacial score (nSPS) is 17.0. The number of carbonyl (C=O) groups is 2. The summed E-state index contributed by atoms with van der Waals surface area (Å²) in [7, 11) is 0. The summed E-state index contributed by atoms with van der Waals surface area (Å²) >= 11 is 0. The van der Waals surface area contributed by atoms with Gasteiger partial charge in [-0.3, -0.25) is 4.90 Å². The van der Waals surface area contributed by atoms with Crippen molar-refractivity contribution in [1.29, 1.82) is 0 Å². The first kappa shape index (κ1) is 21.8. The number of rotatable bonds is 14. The van der Waals surface area contributed by atoms with E-state index in [0.717, 1.165) is 19.3 Å². The molecule has 1 atom stereocenters. The van der Waals surface area contributed by atoms with E-state index in [2.05, 4.69) is 6.92 Å². The van der Waals surface area contributed by atoms with Gasteiger partial charge in [-0.15, -0.1) is 0 Å². The fourth-order valence-electron chi connectivity index (χ4n) is 3.43. The molecule has 5 nitrogen and oxygen atoms in total. The van der Waals surface area contributed by atoms with E-state index in [9.17, 15) is 9.59 Å². The summed E-state index contributed by atoms with van der Waals surface area (Å²) in [5.41, 5.74) is 0. The molecule has 1 N–H and O–H groups in total. The van der Waals surface area contributed by atoms with E-state index in [-0.39, 0.29) is 0 Å². The first-order chi connectivity index (χ1) is 12.2. The van der Waals surface area contributed by atoms with Crippen LogP contribution in [0.4, 0.5) is 4.79 Å². The van der Waals surface area contributed by atoms with Gasteiger partial charge < -0.3 is 9.84 Å². The lowest BCUT2D eigenvalue weighted by molar-refractivity contribution is -0.141. The Morgan fingerprint density at radius 2 is 1.44 bits per heavy atom. The SMILES string of the molecule is CCCCCCCCCCCCCCOC(=O)N1CCC[C@@H]1C(=O)O. The first-order valence-corrected chi connectivity index (χ1v) is 10.3. The van der Waals surface area contributed by atoms with Crippen LogP contribution in [0.1, 0.15) is 96.8 Å². The highest BCUT2D eigenvalue weighted by Gasteiger charge is 2.34. The number of carboxylic acid groups (broad SMARTS) is 1. The molecule has 0 aliphatic carbocycles. The number of unbranched alkanes of at least 4 members (excludes halogenated alkanes) is 11. The topological polar surface area (TPSA) is 66.8 Å². The Bertz CT molecular complexity index is 373. The summed E-state index contributed by atoms with van der Waals surface area (Å²) in [5, 5.41) is 9.07. The molecular weight excluding hydrogens is 318 g/mol. The maximum absolute atomic E-state index is 11.9. The van der Waals surface area contributed by atoms with Gasteiger partial charge in [0.05, 0.1) is 6.61 Å². The molecule has 1 fully saturated rings. The Kier molecular flexibility index (Phi) is 12.2. The molecule has 1 aliphatic heterocycles. The van der Waals surface area contributed by atoms with Gasteiger partial charge >= 0.3 is 12.1 Å². The fourth-order valence-corrected chi connectivity index (χ4v) is 3.43. The number of carbonyl (C=O) groups excluding carboxylic acids is 1. The highest BCUT2D eigenvalue weighted by atomic mass is 16.6. The third kappa shape index (κ3) is 9.71. The monoisotopic (exact) mass is 355 g/mol. The first-order valence-electron chi connectivity index (χ1n) is 10.3. The highest BCUT2D eigenvalue weighted by Crippen LogP contribution is 2.18. The van der Waals surface area contributed by atoms with E-state index in [1.54, 1.807) is 0 Å². The lowest BCUT2D eigenvalue weighted by Gasteiger charge is -2.20. The minimum atomic E-state index is -0.931. The van der Waals surface area contributed by atoms with Crippen LogP contribution in [-0.2, 0) is 9.53 Å². The van der Waals surface area contributed by atoms with Crippen LogP contribution in [0.2, 0.25) is 0 Å². The molecule has 0 unspecified atom stereocenters. The fraction of sp³-hybridized carbons (Fsp3) is 0.900. The highest BCUT2D eigenvalue weighted by molar-refractivity contribution is 5.80. The molecule has 0 aromatic heterocycles. The van der Waals surface area contributed by atoms with E-state index in [1.165, 1.54) is 69.1 Å². The molecule has 5 heteroatoms. The van der Waals surface area contributed by atoms with Crippen LogP contribution in [0.5, 0.6) is 0 Å². The van der Waals surface area contributed by atoms with Gasteiger partial charge in [-0.2, -0.15) is 0 Å². The molecule has 1 amide bonds. The molecule has 0 bridgehead atoms. The van der Waals surface area contributed by atoms with Crippen molar-refractivity contribution in [2.45, 2.75) is 103 Å². The van der Waals surface area contributed by atoms with Crippen LogP contribution in [-0.4, -0.2) is 41.3 Å². The Morgan fingerprint density at radius 3 is 1.96 bits per heavy atom. The van der Waals surface area contributed by atoms with Crippen LogP contribution in [0.25, 0.3) is 0 Å².